The van der Waals surface area contributed by atoms with Crippen molar-refractivity contribution in [1.29, 1.82) is 5.26 Å². The number of carbonyl (C=O) groups excluding carboxylic acids is 1. The van der Waals surface area contributed by atoms with E-state index in [1.807, 2.05) is 6.07 Å². The van der Waals surface area contributed by atoms with Crippen LogP contribution >= 0.6 is 0 Å². The largest absolute Gasteiger partial charge is 0.469 e. The maximum atomic E-state index is 13.4. The summed E-state index contributed by atoms with van der Waals surface area (Å²) < 4.78 is 17.9. The zero-order valence-electron chi connectivity index (χ0n) is 9.50. The highest BCUT2D eigenvalue weighted by Crippen LogP contribution is 2.09. The topological polar surface area (TPSA) is 62.1 Å². The van der Waals surface area contributed by atoms with Gasteiger partial charge in [0.1, 0.15) is 5.82 Å². The highest BCUT2D eigenvalue weighted by Gasteiger charge is 2.04. The Hall–Kier alpha value is -1.93. The van der Waals surface area contributed by atoms with Gasteiger partial charge in [0.15, 0.2) is 0 Å². The van der Waals surface area contributed by atoms with E-state index in [-0.39, 0.29) is 12.4 Å². The molecule has 0 aliphatic rings. The van der Waals surface area contributed by atoms with Gasteiger partial charge in [-0.15, -0.1) is 0 Å². The van der Waals surface area contributed by atoms with Gasteiger partial charge in [-0.1, -0.05) is 6.07 Å². The summed E-state index contributed by atoms with van der Waals surface area (Å²) >= 11 is 0. The minimum absolute atomic E-state index is 0.244. The van der Waals surface area contributed by atoms with Crippen molar-refractivity contribution in [2.24, 2.45) is 0 Å². The van der Waals surface area contributed by atoms with E-state index in [0.29, 0.717) is 24.2 Å². The number of benzene rings is 1. The Morgan fingerprint density at radius 1 is 1.59 bits per heavy atom. The van der Waals surface area contributed by atoms with Gasteiger partial charge in [-0.2, -0.15) is 5.26 Å². The quantitative estimate of drug-likeness (QED) is 0.619. The Balaban J connectivity index is 2.42. The lowest BCUT2D eigenvalue weighted by Crippen LogP contribution is -2.19. The van der Waals surface area contributed by atoms with Crippen LogP contribution in [0.15, 0.2) is 18.2 Å². The summed E-state index contributed by atoms with van der Waals surface area (Å²) in [7, 11) is 1.32. The first-order valence-corrected chi connectivity index (χ1v) is 5.13. The number of nitrogens with zero attached hydrogens (tertiary/aromatic N) is 1. The molecule has 17 heavy (non-hydrogen) atoms. The predicted octanol–water partition coefficient (Wildman–Crippen LogP) is 1.35. The third-order valence-electron chi connectivity index (χ3n) is 2.23. The van der Waals surface area contributed by atoms with Crippen LogP contribution in [0.4, 0.5) is 4.39 Å². The van der Waals surface area contributed by atoms with Gasteiger partial charge in [-0.05, 0) is 12.1 Å². The Bertz CT molecular complexity index is 441. The molecule has 1 aromatic carbocycles. The minimum Gasteiger partial charge on any atom is -0.469 e. The second kappa shape index (κ2) is 6.61. The van der Waals surface area contributed by atoms with Crippen LogP contribution in [0.5, 0.6) is 0 Å². The van der Waals surface area contributed by atoms with E-state index in [1.54, 1.807) is 12.1 Å². The Kier molecular flexibility index (Phi) is 5.11. The highest BCUT2D eigenvalue weighted by molar-refractivity contribution is 5.69. The molecule has 0 radical (unpaired) electrons. The van der Waals surface area contributed by atoms with Gasteiger partial charge in [-0.25, -0.2) is 4.39 Å². The molecule has 1 aromatic rings. The van der Waals surface area contributed by atoms with Gasteiger partial charge in [0, 0.05) is 18.7 Å². The van der Waals surface area contributed by atoms with Crippen molar-refractivity contribution in [1.82, 2.24) is 5.32 Å². The van der Waals surface area contributed by atoms with Crippen molar-refractivity contribution in [3.05, 3.63) is 35.1 Å². The third-order valence-corrected chi connectivity index (χ3v) is 2.23. The Morgan fingerprint density at radius 3 is 2.94 bits per heavy atom. The molecule has 0 bridgehead atoms. The van der Waals surface area contributed by atoms with Crippen LogP contribution in [0.2, 0.25) is 0 Å². The molecular weight excluding hydrogens is 223 g/mol. The molecule has 1 N–H and O–H groups in total. The normalized spacial score (nSPS) is 9.71. The van der Waals surface area contributed by atoms with Crippen molar-refractivity contribution < 1.29 is 13.9 Å². The summed E-state index contributed by atoms with van der Waals surface area (Å²) in [6.07, 6.45) is 0.244. The molecule has 0 aliphatic carbocycles. The smallest absolute Gasteiger partial charge is 0.306 e. The first-order chi connectivity index (χ1) is 8.17. The standard InChI is InChI=1S/C12H13FN2O2/c1-17-12(16)4-5-15-8-10-3-2-9(7-14)6-11(10)13/h2-3,6,15H,4-5,8H2,1H3. The second-order valence-electron chi connectivity index (χ2n) is 3.42. The summed E-state index contributed by atoms with van der Waals surface area (Å²) in [6, 6.07) is 6.17. The van der Waals surface area contributed by atoms with Crippen LogP contribution in [0.1, 0.15) is 17.5 Å². The molecular formula is C12H13FN2O2. The summed E-state index contributed by atoms with van der Waals surface area (Å²) in [5.41, 5.74) is 0.759. The van der Waals surface area contributed by atoms with Gasteiger partial charge >= 0.3 is 5.97 Å². The van der Waals surface area contributed by atoms with Gasteiger partial charge in [0.25, 0.3) is 0 Å². The van der Waals surface area contributed by atoms with Crippen LogP contribution in [-0.2, 0) is 16.1 Å². The first kappa shape index (κ1) is 13.1. The van der Waals surface area contributed by atoms with Gasteiger partial charge in [-0.3, -0.25) is 4.79 Å². The van der Waals surface area contributed by atoms with E-state index in [0.717, 1.165) is 0 Å². The van der Waals surface area contributed by atoms with E-state index in [9.17, 15) is 9.18 Å². The van der Waals surface area contributed by atoms with Crippen molar-refractivity contribution >= 4 is 5.97 Å². The maximum Gasteiger partial charge on any atom is 0.306 e. The SMILES string of the molecule is COC(=O)CCNCc1ccc(C#N)cc1F. The molecule has 0 saturated heterocycles. The number of carbonyl (C=O) groups is 1. The van der Waals surface area contributed by atoms with Crippen molar-refractivity contribution in [3.8, 4) is 6.07 Å². The van der Waals surface area contributed by atoms with E-state index in [1.165, 1.54) is 13.2 Å². The van der Waals surface area contributed by atoms with E-state index in [4.69, 9.17) is 5.26 Å². The molecule has 0 heterocycles. The van der Waals surface area contributed by atoms with Crippen molar-refractivity contribution in [2.45, 2.75) is 13.0 Å². The summed E-state index contributed by atoms with van der Waals surface area (Å²) in [4.78, 5) is 10.8. The fraction of sp³-hybridized carbons (Fsp3) is 0.333. The number of rotatable bonds is 5. The Labute approximate surface area is 99.0 Å². The molecule has 4 nitrogen and oxygen atoms in total. The van der Waals surface area contributed by atoms with E-state index < -0.39 is 5.82 Å². The molecule has 90 valence electrons. The summed E-state index contributed by atoms with van der Waals surface area (Å²) in [5.74, 6) is -0.729. The molecule has 0 fully saturated rings. The zero-order valence-corrected chi connectivity index (χ0v) is 9.50. The molecule has 0 aromatic heterocycles. The molecule has 1 rings (SSSR count). The molecule has 0 unspecified atom stereocenters. The number of methoxy groups -OCH3 is 1. The van der Waals surface area contributed by atoms with Crippen LogP contribution < -0.4 is 5.32 Å². The minimum atomic E-state index is -0.422. The Morgan fingerprint density at radius 2 is 2.35 bits per heavy atom. The highest BCUT2D eigenvalue weighted by atomic mass is 19.1. The number of hydrogen-bond acceptors (Lipinski definition) is 4. The fourth-order valence-corrected chi connectivity index (χ4v) is 1.28. The number of halogens is 1. The van der Waals surface area contributed by atoms with Gasteiger partial charge in [0.05, 0.1) is 25.2 Å². The maximum absolute atomic E-state index is 13.4. The molecule has 0 aliphatic heterocycles. The van der Waals surface area contributed by atoms with Gasteiger partial charge in [0.2, 0.25) is 0 Å². The fourth-order valence-electron chi connectivity index (χ4n) is 1.28. The summed E-state index contributed by atoms with van der Waals surface area (Å²) in [5, 5.41) is 11.5. The lowest BCUT2D eigenvalue weighted by Gasteiger charge is -2.05. The van der Waals surface area contributed by atoms with Crippen LogP contribution in [-0.4, -0.2) is 19.6 Å². The molecule has 5 heteroatoms. The van der Waals surface area contributed by atoms with E-state index >= 15 is 0 Å². The van der Waals surface area contributed by atoms with Gasteiger partial charge < -0.3 is 10.1 Å². The number of hydrogen-bond donors (Lipinski definition) is 1. The zero-order chi connectivity index (χ0) is 12.7. The third kappa shape index (κ3) is 4.21. The van der Waals surface area contributed by atoms with Crippen LogP contribution in [0, 0.1) is 17.1 Å². The van der Waals surface area contributed by atoms with Crippen molar-refractivity contribution in [2.75, 3.05) is 13.7 Å². The number of nitriles is 1. The lowest BCUT2D eigenvalue weighted by molar-refractivity contribution is -0.140. The monoisotopic (exact) mass is 236 g/mol. The average molecular weight is 236 g/mol. The first-order valence-electron chi connectivity index (χ1n) is 5.13. The number of nitrogens with one attached hydrogen (secondary N) is 1. The van der Waals surface area contributed by atoms with Crippen LogP contribution in [0.25, 0.3) is 0 Å². The predicted molar refractivity (Wildman–Crippen MR) is 59.5 cm³/mol. The lowest BCUT2D eigenvalue weighted by atomic mass is 10.1. The number of esters is 1. The second-order valence-corrected chi connectivity index (χ2v) is 3.42. The molecule has 0 spiro atoms. The summed E-state index contributed by atoms with van der Waals surface area (Å²) in [6.45, 7) is 0.737. The average Bonchev–Trinajstić information content (AvgIpc) is 2.35. The number of ether oxygens (including phenoxy) is 1. The van der Waals surface area contributed by atoms with E-state index in [2.05, 4.69) is 10.1 Å². The van der Waals surface area contributed by atoms with Crippen LogP contribution in [0.3, 0.4) is 0 Å². The van der Waals surface area contributed by atoms with Crippen molar-refractivity contribution in [3.63, 3.8) is 0 Å². The molecule has 0 amide bonds. The molecule has 0 saturated carbocycles. The molecule has 0 atom stereocenters.